The van der Waals surface area contributed by atoms with E-state index in [-0.39, 0.29) is 28.9 Å². The molecule has 0 amide bonds. The fourth-order valence-electron chi connectivity index (χ4n) is 4.24. The number of likely N-dealkylation sites (tertiary alicyclic amines) is 1. The van der Waals surface area contributed by atoms with Gasteiger partial charge in [-0.1, -0.05) is 13.8 Å². The van der Waals surface area contributed by atoms with Gasteiger partial charge in [0.15, 0.2) is 5.78 Å². The summed E-state index contributed by atoms with van der Waals surface area (Å²) < 4.78 is 10.6. The number of ether oxygens (including phenoxy) is 2. The molecule has 5 nitrogen and oxygen atoms in total. The molecule has 1 saturated heterocycles. The minimum atomic E-state index is -0.105. The molecule has 0 aromatic heterocycles. The summed E-state index contributed by atoms with van der Waals surface area (Å²) in [6, 6.07) is 5.07. The van der Waals surface area contributed by atoms with Gasteiger partial charge in [0, 0.05) is 19.2 Å². The monoisotopic (exact) mass is 333 g/mol. The SMILES string of the molecule is COCCOCCN1CC[C@@]2(C)c3cc(O)ccc3C(=O)C1[C@@H]2C. The molecule has 1 aromatic rings. The topological polar surface area (TPSA) is 59.0 Å². The highest BCUT2D eigenvalue weighted by atomic mass is 16.5. The first-order valence-electron chi connectivity index (χ1n) is 8.67. The summed E-state index contributed by atoms with van der Waals surface area (Å²) in [5.74, 6) is 0.626. The highest BCUT2D eigenvalue weighted by Gasteiger charge is 2.52. The van der Waals surface area contributed by atoms with Crippen molar-refractivity contribution in [3.63, 3.8) is 0 Å². The maximum absolute atomic E-state index is 13.1. The summed E-state index contributed by atoms with van der Waals surface area (Å²) in [7, 11) is 1.66. The first-order valence-corrected chi connectivity index (χ1v) is 8.67. The lowest BCUT2D eigenvalue weighted by Crippen LogP contribution is -2.61. The molecule has 1 aliphatic carbocycles. The molecule has 3 rings (SSSR count). The van der Waals surface area contributed by atoms with E-state index in [0.29, 0.717) is 19.8 Å². The van der Waals surface area contributed by atoms with Crippen LogP contribution in [0.15, 0.2) is 18.2 Å². The lowest BCUT2D eigenvalue weighted by molar-refractivity contribution is 0.00608. The molecule has 0 saturated carbocycles. The van der Waals surface area contributed by atoms with Gasteiger partial charge in [-0.3, -0.25) is 9.69 Å². The van der Waals surface area contributed by atoms with Gasteiger partial charge in [0.25, 0.3) is 0 Å². The van der Waals surface area contributed by atoms with E-state index in [2.05, 4.69) is 18.7 Å². The van der Waals surface area contributed by atoms with E-state index >= 15 is 0 Å². The molecule has 0 spiro atoms. The Bertz CT molecular complexity index is 617. The van der Waals surface area contributed by atoms with Gasteiger partial charge in [-0.05, 0) is 48.1 Å². The Morgan fingerprint density at radius 3 is 2.88 bits per heavy atom. The van der Waals surface area contributed by atoms with Crippen LogP contribution in [0, 0.1) is 5.92 Å². The third-order valence-corrected chi connectivity index (χ3v) is 5.90. The lowest BCUT2D eigenvalue weighted by Gasteiger charge is -2.53. The van der Waals surface area contributed by atoms with Crippen molar-refractivity contribution in [2.24, 2.45) is 5.92 Å². The molecule has 0 radical (unpaired) electrons. The number of hydrogen-bond acceptors (Lipinski definition) is 5. The number of ketones is 1. The van der Waals surface area contributed by atoms with Crippen molar-refractivity contribution in [3.8, 4) is 5.75 Å². The molecule has 2 bridgehead atoms. The fourth-order valence-corrected chi connectivity index (χ4v) is 4.24. The number of carbonyl (C=O) groups is 1. The number of aromatic hydroxyl groups is 1. The fraction of sp³-hybridized carbons (Fsp3) is 0.632. The van der Waals surface area contributed by atoms with Crippen LogP contribution in [-0.4, -0.2) is 61.9 Å². The van der Waals surface area contributed by atoms with E-state index in [1.54, 1.807) is 25.3 Å². The minimum Gasteiger partial charge on any atom is -0.508 e. The van der Waals surface area contributed by atoms with Crippen LogP contribution in [0.1, 0.15) is 36.2 Å². The first-order chi connectivity index (χ1) is 11.5. The number of Topliss-reactive ketones (excluding diaryl/α,β-unsaturated/α-hetero) is 1. The van der Waals surface area contributed by atoms with E-state index in [4.69, 9.17) is 9.47 Å². The Labute approximate surface area is 143 Å². The number of methoxy groups -OCH3 is 1. The highest BCUT2D eigenvalue weighted by Crippen LogP contribution is 2.49. The quantitative estimate of drug-likeness (QED) is 0.809. The van der Waals surface area contributed by atoms with Crippen molar-refractivity contribution in [2.45, 2.75) is 31.7 Å². The number of nitrogens with zero attached hydrogens (tertiary/aromatic N) is 1. The van der Waals surface area contributed by atoms with Crippen molar-refractivity contribution >= 4 is 5.78 Å². The van der Waals surface area contributed by atoms with Crippen molar-refractivity contribution in [1.29, 1.82) is 0 Å². The largest absolute Gasteiger partial charge is 0.508 e. The number of phenols is 1. The van der Waals surface area contributed by atoms with Gasteiger partial charge in [0.2, 0.25) is 0 Å². The van der Waals surface area contributed by atoms with Crippen LogP contribution in [0.2, 0.25) is 0 Å². The molecular formula is C19H27NO4. The third kappa shape index (κ3) is 2.85. The molecule has 1 aromatic carbocycles. The lowest BCUT2D eigenvalue weighted by atomic mass is 9.58. The zero-order chi connectivity index (χ0) is 17.3. The number of phenolic OH excluding ortho intramolecular Hbond substituents is 1. The number of fused-ring (bicyclic) bond motifs is 4. The van der Waals surface area contributed by atoms with E-state index in [0.717, 1.165) is 30.6 Å². The van der Waals surface area contributed by atoms with Gasteiger partial charge < -0.3 is 14.6 Å². The van der Waals surface area contributed by atoms with Crippen LogP contribution in [0.4, 0.5) is 0 Å². The van der Waals surface area contributed by atoms with E-state index in [1.165, 1.54) is 0 Å². The molecule has 1 aliphatic heterocycles. The molecule has 2 aliphatic rings. The Kier molecular flexibility index (Phi) is 4.95. The second kappa shape index (κ2) is 6.82. The summed E-state index contributed by atoms with van der Waals surface area (Å²) in [6.07, 6.45) is 0.979. The molecule has 24 heavy (non-hydrogen) atoms. The standard InChI is InChI=1S/C19H27NO4/c1-13-17-18(22)15-5-4-14(21)12-16(15)19(13,2)6-7-20(17)8-9-24-11-10-23-3/h4-5,12-13,17,21H,6-11H2,1-3H3/t13-,17?,19+/m0/s1. The van der Waals surface area contributed by atoms with E-state index in [9.17, 15) is 9.90 Å². The van der Waals surface area contributed by atoms with Gasteiger partial charge in [0.05, 0.1) is 25.9 Å². The zero-order valence-electron chi connectivity index (χ0n) is 14.7. The number of piperidine rings is 1. The first kappa shape index (κ1) is 17.4. The number of rotatable bonds is 6. The van der Waals surface area contributed by atoms with Crippen molar-refractivity contribution in [2.75, 3.05) is 40.0 Å². The number of benzene rings is 1. The van der Waals surface area contributed by atoms with Crippen LogP contribution in [-0.2, 0) is 14.9 Å². The Morgan fingerprint density at radius 2 is 2.12 bits per heavy atom. The Morgan fingerprint density at radius 1 is 1.33 bits per heavy atom. The summed E-state index contributed by atoms with van der Waals surface area (Å²) in [5.41, 5.74) is 1.70. The zero-order valence-corrected chi connectivity index (χ0v) is 14.7. The van der Waals surface area contributed by atoms with Crippen LogP contribution >= 0.6 is 0 Å². The van der Waals surface area contributed by atoms with E-state index in [1.807, 2.05) is 0 Å². The molecule has 1 unspecified atom stereocenters. The molecular weight excluding hydrogens is 306 g/mol. The minimum absolute atomic E-state index is 0.0694. The molecule has 1 heterocycles. The summed E-state index contributed by atoms with van der Waals surface area (Å²) in [5, 5.41) is 9.86. The highest BCUT2D eigenvalue weighted by molar-refractivity contribution is 6.03. The maximum Gasteiger partial charge on any atom is 0.180 e. The normalized spacial score (nSPS) is 29.5. The molecule has 3 atom stereocenters. The summed E-state index contributed by atoms with van der Waals surface area (Å²) in [4.78, 5) is 15.3. The maximum atomic E-state index is 13.1. The smallest absolute Gasteiger partial charge is 0.180 e. The third-order valence-electron chi connectivity index (χ3n) is 5.90. The van der Waals surface area contributed by atoms with Crippen LogP contribution < -0.4 is 0 Å². The van der Waals surface area contributed by atoms with E-state index < -0.39 is 0 Å². The van der Waals surface area contributed by atoms with Crippen LogP contribution in [0.5, 0.6) is 5.75 Å². The summed E-state index contributed by atoms with van der Waals surface area (Å²) >= 11 is 0. The number of hydrogen-bond donors (Lipinski definition) is 1. The predicted molar refractivity (Wildman–Crippen MR) is 91.6 cm³/mol. The molecule has 1 N–H and O–H groups in total. The number of carbonyl (C=O) groups excluding carboxylic acids is 1. The average molecular weight is 333 g/mol. The summed E-state index contributed by atoms with van der Waals surface area (Å²) in [6.45, 7) is 7.80. The van der Waals surface area contributed by atoms with Gasteiger partial charge in [0.1, 0.15) is 5.75 Å². The van der Waals surface area contributed by atoms with Gasteiger partial charge in [-0.15, -0.1) is 0 Å². The second-order valence-electron chi connectivity index (χ2n) is 7.14. The molecule has 5 heteroatoms. The van der Waals surface area contributed by atoms with Crippen molar-refractivity contribution in [3.05, 3.63) is 29.3 Å². The molecule has 1 fully saturated rings. The van der Waals surface area contributed by atoms with Crippen LogP contribution in [0.25, 0.3) is 0 Å². The van der Waals surface area contributed by atoms with Gasteiger partial charge in [-0.25, -0.2) is 0 Å². The molecule has 132 valence electrons. The average Bonchev–Trinajstić information content (AvgIpc) is 2.56. The van der Waals surface area contributed by atoms with Crippen molar-refractivity contribution in [1.82, 2.24) is 4.90 Å². The van der Waals surface area contributed by atoms with Gasteiger partial charge in [-0.2, -0.15) is 0 Å². The Hall–Kier alpha value is -1.43. The van der Waals surface area contributed by atoms with Crippen LogP contribution in [0.3, 0.4) is 0 Å². The second-order valence-corrected chi connectivity index (χ2v) is 7.14. The van der Waals surface area contributed by atoms with Crippen molar-refractivity contribution < 1.29 is 19.4 Å². The predicted octanol–water partition coefficient (Wildman–Crippen LogP) is 2.22. The van der Waals surface area contributed by atoms with Gasteiger partial charge >= 0.3 is 0 Å². The Balaban J connectivity index is 1.80.